The maximum Gasteiger partial charge on any atom is 0.195 e. The maximum absolute atomic E-state index is 5.35. The average molecular weight is 293 g/mol. The van der Waals surface area contributed by atoms with Crippen LogP contribution < -0.4 is 0 Å². The van der Waals surface area contributed by atoms with Gasteiger partial charge < -0.3 is 0 Å². The predicted octanol–water partition coefficient (Wildman–Crippen LogP) is 4.20. The Bertz CT molecular complexity index is 610. The molecule has 0 bridgehead atoms. The van der Waals surface area contributed by atoms with E-state index in [-0.39, 0.29) is 0 Å². The fourth-order valence-corrected chi connectivity index (χ4v) is 4.10. The number of aromatic amines is 1. The lowest BCUT2D eigenvalue weighted by Crippen LogP contribution is -2.05. The molecular weight excluding hydrogens is 274 g/mol. The van der Waals surface area contributed by atoms with E-state index in [0.717, 1.165) is 17.1 Å². The molecule has 0 aromatic carbocycles. The number of fused-ring (bicyclic) bond motifs is 1. The van der Waals surface area contributed by atoms with Gasteiger partial charge in [0.1, 0.15) is 0 Å². The summed E-state index contributed by atoms with van der Waals surface area (Å²) in [5.41, 5.74) is 1.52. The van der Waals surface area contributed by atoms with E-state index in [1.165, 1.54) is 36.1 Å². The first kappa shape index (κ1) is 13.1. The van der Waals surface area contributed by atoms with Crippen molar-refractivity contribution in [3.05, 3.63) is 21.3 Å². The highest BCUT2D eigenvalue weighted by Crippen LogP contribution is 2.35. The first-order chi connectivity index (χ1) is 9.15. The van der Waals surface area contributed by atoms with Crippen LogP contribution in [-0.2, 0) is 19.4 Å². The molecule has 0 spiro atoms. The molecular formula is C14H19N3S2. The molecule has 0 unspecified atom stereocenters. The van der Waals surface area contributed by atoms with Gasteiger partial charge in [-0.3, -0.25) is 9.67 Å². The minimum atomic E-state index is 0.567. The van der Waals surface area contributed by atoms with Gasteiger partial charge in [-0.25, -0.2) is 0 Å². The first-order valence-electron chi connectivity index (χ1n) is 6.92. The standard InChI is InChI=1S/C14H19N3S2/c1-9(2)8-17-13(15-16-14(17)18)12-7-10-5-3-4-6-11(10)19-12/h7,9H,3-6,8H2,1-2H3,(H,16,18). The highest BCUT2D eigenvalue weighted by atomic mass is 32.1. The van der Waals surface area contributed by atoms with Crippen molar-refractivity contribution in [1.29, 1.82) is 0 Å². The summed E-state index contributed by atoms with van der Waals surface area (Å²) in [6.45, 7) is 5.34. The number of nitrogens with zero attached hydrogens (tertiary/aromatic N) is 2. The average Bonchev–Trinajstić information content (AvgIpc) is 2.93. The lowest BCUT2D eigenvalue weighted by molar-refractivity contribution is 0.522. The molecule has 1 aliphatic rings. The lowest BCUT2D eigenvalue weighted by atomic mass is 9.99. The zero-order chi connectivity index (χ0) is 13.4. The van der Waals surface area contributed by atoms with Crippen LogP contribution in [-0.4, -0.2) is 14.8 Å². The van der Waals surface area contributed by atoms with E-state index in [1.807, 2.05) is 11.3 Å². The molecule has 2 aromatic rings. The van der Waals surface area contributed by atoms with Gasteiger partial charge in [-0.2, -0.15) is 5.10 Å². The van der Waals surface area contributed by atoms with Gasteiger partial charge in [-0.1, -0.05) is 13.8 Å². The number of aromatic nitrogens is 3. The van der Waals surface area contributed by atoms with Crippen molar-refractivity contribution in [2.45, 2.75) is 46.1 Å². The Morgan fingerprint density at radius 1 is 1.42 bits per heavy atom. The zero-order valence-electron chi connectivity index (χ0n) is 11.4. The monoisotopic (exact) mass is 293 g/mol. The summed E-state index contributed by atoms with van der Waals surface area (Å²) < 4.78 is 2.87. The van der Waals surface area contributed by atoms with Gasteiger partial charge in [0.25, 0.3) is 0 Å². The second kappa shape index (κ2) is 5.21. The molecule has 3 rings (SSSR count). The first-order valence-corrected chi connectivity index (χ1v) is 8.15. The molecule has 1 aliphatic carbocycles. The molecule has 0 amide bonds. The van der Waals surface area contributed by atoms with Crippen LogP contribution in [0.2, 0.25) is 0 Å². The summed E-state index contributed by atoms with van der Waals surface area (Å²) in [5.74, 6) is 1.58. The topological polar surface area (TPSA) is 33.6 Å². The van der Waals surface area contributed by atoms with E-state index >= 15 is 0 Å². The van der Waals surface area contributed by atoms with Crippen LogP contribution >= 0.6 is 23.6 Å². The summed E-state index contributed by atoms with van der Waals surface area (Å²) in [4.78, 5) is 2.81. The molecule has 19 heavy (non-hydrogen) atoms. The van der Waals surface area contributed by atoms with Gasteiger partial charge in [0, 0.05) is 11.4 Å². The van der Waals surface area contributed by atoms with E-state index in [9.17, 15) is 0 Å². The number of H-pyrrole nitrogens is 1. The van der Waals surface area contributed by atoms with Crippen LogP contribution in [0, 0.1) is 10.7 Å². The zero-order valence-corrected chi connectivity index (χ0v) is 13.0. The quantitative estimate of drug-likeness (QED) is 0.860. The Balaban J connectivity index is 2.02. The van der Waals surface area contributed by atoms with E-state index < -0.39 is 0 Å². The van der Waals surface area contributed by atoms with Crippen LogP contribution in [0.4, 0.5) is 0 Å². The number of aryl methyl sites for hydroxylation is 2. The number of hydrogen-bond donors (Lipinski definition) is 1. The van der Waals surface area contributed by atoms with E-state index in [0.29, 0.717) is 5.92 Å². The molecule has 0 fully saturated rings. The van der Waals surface area contributed by atoms with Crippen LogP contribution in [0.1, 0.15) is 37.1 Å². The summed E-state index contributed by atoms with van der Waals surface area (Å²) in [5, 5.41) is 7.38. The van der Waals surface area contributed by atoms with Gasteiger partial charge in [0.05, 0.1) is 4.88 Å². The number of hydrogen-bond acceptors (Lipinski definition) is 3. The van der Waals surface area contributed by atoms with Crippen molar-refractivity contribution in [2.24, 2.45) is 5.92 Å². The molecule has 2 heterocycles. The molecule has 0 saturated heterocycles. The van der Waals surface area contributed by atoms with Crippen molar-refractivity contribution in [3.63, 3.8) is 0 Å². The van der Waals surface area contributed by atoms with Crippen LogP contribution in [0.5, 0.6) is 0 Å². The molecule has 2 aromatic heterocycles. The molecule has 0 atom stereocenters. The van der Waals surface area contributed by atoms with Crippen LogP contribution in [0.25, 0.3) is 10.7 Å². The largest absolute Gasteiger partial charge is 0.299 e. The molecule has 0 saturated carbocycles. The van der Waals surface area contributed by atoms with Gasteiger partial charge in [0.15, 0.2) is 10.6 Å². The van der Waals surface area contributed by atoms with Crippen molar-refractivity contribution in [2.75, 3.05) is 0 Å². The van der Waals surface area contributed by atoms with Crippen molar-refractivity contribution >= 4 is 23.6 Å². The summed E-state index contributed by atoms with van der Waals surface area (Å²) in [7, 11) is 0. The Morgan fingerprint density at radius 3 is 2.95 bits per heavy atom. The normalized spacial score (nSPS) is 14.9. The third-order valence-electron chi connectivity index (χ3n) is 3.52. The van der Waals surface area contributed by atoms with E-state index in [4.69, 9.17) is 12.2 Å². The smallest absolute Gasteiger partial charge is 0.195 e. The molecule has 3 nitrogen and oxygen atoms in total. The van der Waals surface area contributed by atoms with Crippen LogP contribution in [0.15, 0.2) is 6.07 Å². The molecule has 102 valence electrons. The fourth-order valence-electron chi connectivity index (χ4n) is 2.64. The Hall–Kier alpha value is -0.940. The van der Waals surface area contributed by atoms with Crippen LogP contribution in [0.3, 0.4) is 0 Å². The highest BCUT2D eigenvalue weighted by molar-refractivity contribution is 7.71. The predicted molar refractivity (Wildman–Crippen MR) is 82.2 cm³/mol. The van der Waals surface area contributed by atoms with Gasteiger partial charge in [-0.05, 0) is 55.4 Å². The third kappa shape index (κ3) is 2.54. The molecule has 5 heteroatoms. The second-order valence-electron chi connectivity index (χ2n) is 5.62. The van der Waals surface area contributed by atoms with Crippen molar-refractivity contribution in [3.8, 4) is 10.7 Å². The van der Waals surface area contributed by atoms with E-state index in [1.54, 1.807) is 4.88 Å². The van der Waals surface area contributed by atoms with Crippen molar-refractivity contribution in [1.82, 2.24) is 14.8 Å². The summed E-state index contributed by atoms with van der Waals surface area (Å²) in [6.07, 6.45) is 5.10. The van der Waals surface area contributed by atoms with Crippen molar-refractivity contribution < 1.29 is 0 Å². The highest BCUT2D eigenvalue weighted by Gasteiger charge is 2.18. The maximum atomic E-state index is 5.35. The van der Waals surface area contributed by atoms with Gasteiger partial charge in [-0.15, -0.1) is 11.3 Å². The lowest BCUT2D eigenvalue weighted by Gasteiger charge is -2.08. The number of nitrogens with one attached hydrogen (secondary N) is 1. The summed E-state index contributed by atoms with van der Waals surface area (Å²) >= 11 is 7.24. The third-order valence-corrected chi connectivity index (χ3v) is 5.07. The molecule has 0 radical (unpaired) electrons. The molecule has 0 aliphatic heterocycles. The SMILES string of the molecule is CC(C)Cn1c(-c2cc3c(s2)CCCC3)n[nH]c1=S. The Morgan fingerprint density at radius 2 is 2.21 bits per heavy atom. The fraction of sp³-hybridized carbons (Fsp3) is 0.571. The molecule has 1 N–H and O–H groups in total. The minimum Gasteiger partial charge on any atom is -0.299 e. The second-order valence-corrected chi connectivity index (χ2v) is 7.15. The van der Waals surface area contributed by atoms with E-state index in [2.05, 4.69) is 34.7 Å². The Kier molecular flexibility index (Phi) is 3.58. The van der Waals surface area contributed by atoms with Gasteiger partial charge >= 0.3 is 0 Å². The minimum absolute atomic E-state index is 0.567. The number of rotatable bonds is 3. The summed E-state index contributed by atoms with van der Waals surface area (Å²) in [6, 6.07) is 2.32. The van der Waals surface area contributed by atoms with Gasteiger partial charge in [0.2, 0.25) is 0 Å². The number of thiophene rings is 1. The Labute approximate surface area is 122 Å².